The Morgan fingerprint density at radius 3 is 2.29 bits per heavy atom. The Morgan fingerprint density at radius 1 is 1.07 bits per heavy atom. The van der Waals surface area contributed by atoms with Crippen molar-refractivity contribution in [3.05, 3.63) is 65.2 Å². The molecule has 0 fully saturated rings. The third-order valence-corrected chi connectivity index (χ3v) is 4.58. The summed E-state index contributed by atoms with van der Waals surface area (Å²) in [7, 11) is 0. The lowest BCUT2D eigenvalue weighted by Crippen LogP contribution is -2.86. The van der Waals surface area contributed by atoms with Crippen molar-refractivity contribution in [2.75, 3.05) is 25.0 Å². The molecule has 3 N–H and O–H groups in total. The van der Waals surface area contributed by atoms with E-state index in [9.17, 15) is 18.4 Å². The Labute approximate surface area is 163 Å². The summed E-state index contributed by atoms with van der Waals surface area (Å²) in [6.45, 7) is 6.94. The fraction of sp³-hybridized carbons (Fsp3) is 0.333. The predicted octanol–water partition coefficient (Wildman–Crippen LogP) is 2.71. The lowest BCUT2D eigenvalue weighted by atomic mass is 10.1. The van der Waals surface area contributed by atoms with Gasteiger partial charge in [0, 0.05) is 36.0 Å². The molecule has 0 spiro atoms. The van der Waals surface area contributed by atoms with Crippen LogP contribution in [0.2, 0.25) is 0 Å². The fourth-order valence-corrected chi connectivity index (χ4v) is 2.88. The Bertz CT molecular complexity index is 821. The molecule has 0 saturated heterocycles. The largest absolute Gasteiger partial charge is 0.339 e. The first-order chi connectivity index (χ1) is 13.3. The van der Waals surface area contributed by atoms with Crippen LogP contribution in [0.5, 0.6) is 0 Å². The number of carbonyl (C=O) groups is 2. The molecule has 2 amide bonds. The van der Waals surface area contributed by atoms with Crippen molar-refractivity contribution in [1.82, 2.24) is 4.90 Å². The van der Waals surface area contributed by atoms with Crippen LogP contribution in [0.1, 0.15) is 42.7 Å². The minimum Gasteiger partial charge on any atom is -0.339 e. The second kappa shape index (κ2) is 9.94. The molecule has 5 nitrogen and oxygen atoms in total. The first kappa shape index (κ1) is 21.5. The molecule has 0 aromatic heterocycles. The van der Waals surface area contributed by atoms with Gasteiger partial charge in [0.25, 0.3) is 11.8 Å². The Balaban J connectivity index is 1.90. The van der Waals surface area contributed by atoms with Gasteiger partial charge >= 0.3 is 0 Å². The second-order valence-electron chi connectivity index (χ2n) is 6.50. The normalized spacial score (nSPS) is 11.8. The second-order valence-corrected chi connectivity index (χ2v) is 6.50. The minimum absolute atomic E-state index is 0.0497. The maximum absolute atomic E-state index is 13.8. The number of amides is 2. The third kappa shape index (κ3) is 5.60. The van der Waals surface area contributed by atoms with Crippen molar-refractivity contribution >= 4 is 17.5 Å². The summed E-state index contributed by atoms with van der Waals surface area (Å²) < 4.78 is 26.8. The maximum Gasteiger partial charge on any atom is 0.279 e. The lowest BCUT2D eigenvalue weighted by molar-refractivity contribution is -0.682. The van der Waals surface area contributed by atoms with Crippen LogP contribution >= 0.6 is 0 Å². The maximum atomic E-state index is 13.8. The highest BCUT2D eigenvalue weighted by atomic mass is 19.1. The number of anilines is 1. The molecular formula is C21H26F2N3O2+. The standard InChI is InChI=1S/C21H25F2N3O2/c1-4-26(5-2)21(28)15-6-9-17(10-7-15)25-20(27)13-24-14(3)18-11-8-16(22)12-19(18)23/h6-12,14,24H,4-5,13H2,1-3H3,(H,25,27)/p+1/t14-/m1/s1. The van der Waals surface area contributed by atoms with Gasteiger partial charge < -0.3 is 15.5 Å². The van der Waals surface area contributed by atoms with E-state index in [0.717, 1.165) is 6.07 Å². The van der Waals surface area contributed by atoms with Crippen LogP contribution in [0.15, 0.2) is 42.5 Å². The number of halogens is 2. The van der Waals surface area contributed by atoms with Crippen LogP contribution in [0.4, 0.5) is 14.5 Å². The number of carbonyl (C=O) groups excluding carboxylic acids is 2. The number of benzene rings is 2. The molecule has 0 radical (unpaired) electrons. The van der Waals surface area contributed by atoms with E-state index >= 15 is 0 Å². The van der Waals surface area contributed by atoms with Crippen LogP contribution < -0.4 is 10.6 Å². The SMILES string of the molecule is CCN(CC)C(=O)c1ccc(NC(=O)C[NH2+][C@H](C)c2ccc(F)cc2F)cc1. The molecule has 150 valence electrons. The highest BCUT2D eigenvalue weighted by molar-refractivity contribution is 5.96. The third-order valence-electron chi connectivity index (χ3n) is 4.58. The van der Waals surface area contributed by atoms with Crippen LogP contribution in [-0.4, -0.2) is 36.3 Å². The van der Waals surface area contributed by atoms with Gasteiger partial charge in [0.15, 0.2) is 6.54 Å². The number of rotatable bonds is 8. The van der Waals surface area contributed by atoms with Crippen LogP contribution in [-0.2, 0) is 4.79 Å². The molecule has 2 aromatic rings. The topological polar surface area (TPSA) is 66.0 Å². The van der Waals surface area contributed by atoms with Crippen molar-refractivity contribution in [3.63, 3.8) is 0 Å². The molecule has 2 rings (SSSR count). The molecule has 7 heteroatoms. The summed E-state index contributed by atoms with van der Waals surface area (Å²) in [6, 6.07) is 9.79. The van der Waals surface area contributed by atoms with E-state index in [-0.39, 0.29) is 24.4 Å². The Morgan fingerprint density at radius 2 is 1.71 bits per heavy atom. The van der Waals surface area contributed by atoms with E-state index in [1.54, 1.807) is 41.4 Å². The number of nitrogens with zero attached hydrogens (tertiary/aromatic N) is 1. The molecule has 1 atom stereocenters. The number of quaternary nitrogens is 1. The molecule has 2 aromatic carbocycles. The van der Waals surface area contributed by atoms with Crippen molar-refractivity contribution in [3.8, 4) is 0 Å². The quantitative estimate of drug-likeness (QED) is 0.728. The highest BCUT2D eigenvalue weighted by Crippen LogP contribution is 2.15. The number of hydrogen-bond donors (Lipinski definition) is 2. The molecule has 28 heavy (non-hydrogen) atoms. The van der Waals surface area contributed by atoms with E-state index in [0.29, 0.717) is 29.9 Å². The number of nitrogens with one attached hydrogen (secondary N) is 1. The molecular weight excluding hydrogens is 364 g/mol. The van der Waals surface area contributed by atoms with Gasteiger partial charge in [0.05, 0.1) is 0 Å². The van der Waals surface area contributed by atoms with E-state index < -0.39 is 11.6 Å². The summed E-state index contributed by atoms with van der Waals surface area (Å²) in [6.07, 6.45) is 0. The molecule has 0 heterocycles. The summed E-state index contributed by atoms with van der Waals surface area (Å²) in [5, 5.41) is 4.42. The zero-order valence-electron chi connectivity index (χ0n) is 16.3. The average Bonchev–Trinajstić information content (AvgIpc) is 2.67. The van der Waals surface area contributed by atoms with E-state index in [1.807, 2.05) is 13.8 Å². The van der Waals surface area contributed by atoms with Crippen molar-refractivity contribution < 1.29 is 23.7 Å². The molecule has 0 bridgehead atoms. The van der Waals surface area contributed by atoms with Gasteiger partial charge in [-0.05, 0) is 57.2 Å². The van der Waals surface area contributed by atoms with Crippen molar-refractivity contribution in [2.24, 2.45) is 0 Å². The Kier molecular flexibility index (Phi) is 7.63. The average molecular weight is 390 g/mol. The van der Waals surface area contributed by atoms with E-state index in [4.69, 9.17) is 0 Å². The molecule has 0 saturated carbocycles. The van der Waals surface area contributed by atoms with Gasteiger partial charge in [-0.3, -0.25) is 9.59 Å². The highest BCUT2D eigenvalue weighted by Gasteiger charge is 2.16. The fourth-order valence-electron chi connectivity index (χ4n) is 2.88. The summed E-state index contributed by atoms with van der Waals surface area (Å²) >= 11 is 0. The van der Waals surface area contributed by atoms with Crippen molar-refractivity contribution in [1.29, 1.82) is 0 Å². The van der Waals surface area contributed by atoms with Gasteiger partial charge in [0.2, 0.25) is 0 Å². The van der Waals surface area contributed by atoms with E-state index in [2.05, 4.69) is 5.32 Å². The predicted molar refractivity (Wildman–Crippen MR) is 104 cm³/mol. The molecule has 0 aliphatic heterocycles. The summed E-state index contributed by atoms with van der Waals surface area (Å²) in [5.74, 6) is -1.56. The first-order valence-corrected chi connectivity index (χ1v) is 9.33. The minimum atomic E-state index is -0.630. The zero-order valence-corrected chi connectivity index (χ0v) is 16.3. The van der Waals surface area contributed by atoms with Crippen LogP contribution in [0, 0.1) is 11.6 Å². The van der Waals surface area contributed by atoms with Gasteiger partial charge in [0.1, 0.15) is 17.7 Å². The summed E-state index contributed by atoms with van der Waals surface area (Å²) in [5.41, 5.74) is 1.48. The van der Waals surface area contributed by atoms with E-state index in [1.165, 1.54) is 12.1 Å². The van der Waals surface area contributed by atoms with Crippen molar-refractivity contribution in [2.45, 2.75) is 26.8 Å². The lowest BCUT2D eigenvalue weighted by Gasteiger charge is -2.18. The summed E-state index contributed by atoms with van der Waals surface area (Å²) in [4.78, 5) is 26.1. The molecule has 0 unspecified atom stereocenters. The zero-order chi connectivity index (χ0) is 20.7. The van der Waals surface area contributed by atoms with Crippen LogP contribution in [0.3, 0.4) is 0 Å². The number of nitrogens with two attached hydrogens (primary N) is 1. The molecule has 0 aliphatic carbocycles. The smallest absolute Gasteiger partial charge is 0.279 e. The Hall–Kier alpha value is -2.80. The van der Waals surface area contributed by atoms with Crippen LogP contribution in [0.25, 0.3) is 0 Å². The van der Waals surface area contributed by atoms with Gasteiger partial charge in [-0.15, -0.1) is 0 Å². The first-order valence-electron chi connectivity index (χ1n) is 9.33. The van der Waals surface area contributed by atoms with Gasteiger partial charge in [-0.25, -0.2) is 8.78 Å². The van der Waals surface area contributed by atoms with Gasteiger partial charge in [-0.2, -0.15) is 0 Å². The molecule has 0 aliphatic rings. The monoisotopic (exact) mass is 390 g/mol. The van der Waals surface area contributed by atoms with Gasteiger partial charge in [-0.1, -0.05) is 0 Å². The number of hydrogen-bond acceptors (Lipinski definition) is 2.